The molecule has 3 nitrogen and oxygen atoms in total. The van der Waals surface area contributed by atoms with Crippen LogP contribution in [0.2, 0.25) is 0 Å². The van der Waals surface area contributed by atoms with Gasteiger partial charge >= 0.3 is 5.97 Å². The van der Waals surface area contributed by atoms with Gasteiger partial charge in [0, 0.05) is 6.42 Å². The zero-order valence-electron chi connectivity index (χ0n) is 25.1. The van der Waals surface area contributed by atoms with Gasteiger partial charge in [0.1, 0.15) is 11.7 Å². The van der Waals surface area contributed by atoms with Crippen molar-refractivity contribution in [2.75, 3.05) is 53.1 Å². The highest BCUT2D eigenvalue weighted by Crippen LogP contribution is 2.19. The maximum absolute atomic E-state index is 12.7. The highest BCUT2D eigenvalue weighted by Gasteiger charge is 2.26. The average molecular weight is 609 g/mol. The van der Waals surface area contributed by atoms with Crippen LogP contribution in [0, 0.1) is 5.92 Å². The molecule has 0 N–H and O–H groups in total. The van der Waals surface area contributed by atoms with Gasteiger partial charge in [0.15, 0.2) is 0 Å². The van der Waals surface area contributed by atoms with Crippen LogP contribution in [0.5, 0.6) is 0 Å². The van der Waals surface area contributed by atoms with Crippen LogP contribution in [0.25, 0.3) is 0 Å². The van der Waals surface area contributed by atoms with E-state index in [0.29, 0.717) is 12.8 Å². The summed E-state index contributed by atoms with van der Waals surface area (Å²) < 4.78 is 4.95. The standard InChI is InChI=1S/C31H60O3S4/c1-4-21-35-25-17-27-37-23-15-11-7-6-10-14-20-30(32)29(31(33)34-3)19-13-9-8-12-16-24-38-28-18-26-36-22-5-2/h29H,4-28H2,1-3H3. The number of methoxy groups -OCH3 is 1. The van der Waals surface area contributed by atoms with Crippen molar-refractivity contribution in [2.24, 2.45) is 5.92 Å². The third-order valence-electron chi connectivity index (χ3n) is 6.47. The van der Waals surface area contributed by atoms with Gasteiger partial charge in [-0.15, -0.1) is 0 Å². The fourth-order valence-corrected chi connectivity index (χ4v) is 8.21. The first-order valence-electron chi connectivity index (χ1n) is 15.6. The van der Waals surface area contributed by atoms with Gasteiger partial charge < -0.3 is 4.74 Å². The Morgan fingerprint density at radius 1 is 0.526 bits per heavy atom. The maximum atomic E-state index is 12.7. The van der Waals surface area contributed by atoms with Crippen molar-refractivity contribution >= 4 is 58.8 Å². The predicted octanol–water partition coefficient (Wildman–Crippen LogP) is 9.95. The van der Waals surface area contributed by atoms with Crippen molar-refractivity contribution < 1.29 is 14.3 Å². The quantitative estimate of drug-likeness (QED) is 0.0441. The van der Waals surface area contributed by atoms with E-state index in [1.807, 2.05) is 0 Å². The minimum Gasteiger partial charge on any atom is -0.468 e. The molecular weight excluding hydrogens is 549 g/mol. The molecule has 0 aliphatic heterocycles. The molecule has 0 radical (unpaired) electrons. The van der Waals surface area contributed by atoms with Crippen LogP contribution >= 0.6 is 47.0 Å². The Morgan fingerprint density at radius 3 is 1.39 bits per heavy atom. The third-order valence-corrected chi connectivity index (χ3v) is 11.3. The van der Waals surface area contributed by atoms with Gasteiger partial charge in [0.05, 0.1) is 7.11 Å². The number of hydrogen-bond acceptors (Lipinski definition) is 7. The minimum absolute atomic E-state index is 0.0962. The smallest absolute Gasteiger partial charge is 0.316 e. The number of unbranched alkanes of at least 4 members (excludes halogenated alkanes) is 9. The van der Waals surface area contributed by atoms with Crippen molar-refractivity contribution in [3.8, 4) is 0 Å². The Hall–Kier alpha value is 0.540. The lowest BCUT2D eigenvalue weighted by Crippen LogP contribution is -2.25. The third kappa shape index (κ3) is 26.7. The van der Waals surface area contributed by atoms with E-state index in [4.69, 9.17) is 4.74 Å². The highest BCUT2D eigenvalue weighted by atomic mass is 32.2. The Balaban J connectivity index is 3.67. The van der Waals surface area contributed by atoms with Crippen molar-refractivity contribution in [3.63, 3.8) is 0 Å². The second-order valence-electron chi connectivity index (χ2n) is 10.1. The summed E-state index contributed by atoms with van der Waals surface area (Å²) in [5, 5.41) is 0. The molecule has 0 amide bonds. The van der Waals surface area contributed by atoms with Crippen LogP contribution in [0.4, 0.5) is 0 Å². The number of esters is 1. The molecule has 0 aromatic rings. The molecule has 0 aliphatic rings. The second-order valence-corrected chi connectivity index (χ2v) is 15.0. The van der Waals surface area contributed by atoms with Crippen molar-refractivity contribution in [1.82, 2.24) is 0 Å². The van der Waals surface area contributed by atoms with E-state index in [1.54, 1.807) is 0 Å². The molecule has 7 heteroatoms. The van der Waals surface area contributed by atoms with Crippen molar-refractivity contribution in [2.45, 2.75) is 123 Å². The van der Waals surface area contributed by atoms with E-state index in [1.165, 1.54) is 124 Å². The molecule has 0 aliphatic carbocycles. The van der Waals surface area contributed by atoms with E-state index in [0.717, 1.165) is 25.7 Å². The molecule has 0 heterocycles. The van der Waals surface area contributed by atoms with Crippen LogP contribution in [0.15, 0.2) is 0 Å². The van der Waals surface area contributed by atoms with Crippen molar-refractivity contribution in [3.05, 3.63) is 0 Å². The number of carbonyl (C=O) groups excluding carboxylic acids is 2. The molecular formula is C31H60O3S4. The first-order chi connectivity index (χ1) is 18.7. The summed E-state index contributed by atoms with van der Waals surface area (Å²) in [5.41, 5.74) is 0. The van der Waals surface area contributed by atoms with Gasteiger partial charge in [0.2, 0.25) is 0 Å². The molecule has 1 unspecified atom stereocenters. The second kappa shape index (κ2) is 32.1. The van der Waals surface area contributed by atoms with Gasteiger partial charge in [-0.1, -0.05) is 65.2 Å². The number of carbonyl (C=O) groups is 2. The fourth-order valence-electron chi connectivity index (χ4n) is 4.24. The number of thioether (sulfide) groups is 4. The Labute approximate surface area is 254 Å². The predicted molar refractivity (Wildman–Crippen MR) is 180 cm³/mol. The summed E-state index contributed by atoms with van der Waals surface area (Å²) in [6.45, 7) is 4.50. The van der Waals surface area contributed by atoms with E-state index in [9.17, 15) is 9.59 Å². The topological polar surface area (TPSA) is 43.4 Å². The van der Waals surface area contributed by atoms with Gasteiger partial charge in [0.25, 0.3) is 0 Å². The molecule has 0 saturated carbocycles. The summed E-state index contributed by atoms with van der Waals surface area (Å²) in [7, 11) is 1.41. The lowest BCUT2D eigenvalue weighted by atomic mass is 9.93. The molecule has 0 saturated heterocycles. The number of rotatable bonds is 31. The molecule has 0 rings (SSSR count). The molecule has 38 heavy (non-hydrogen) atoms. The van der Waals surface area contributed by atoms with E-state index >= 15 is 0 Å². The monoisotopic (exact) mass is 608 g/mol. The normalized spacial score (nSPS) is 12.1. The number of ether oxygens (including phenoxy) is 1. The average Bonchev–Trinajstić information content (AvgIpc) is 2.93. The number of hydrogen-bond donors (Lipinski definition) is 0. The summed E-state index contributed by atoms with van der Waals surface area (Å²) >= 11 is 8.36. The summed E-state index contributed by atoms with van der Waals surface area (Å²) in [6, 6.07) is 0. The Kier molecular flexibility index (Phi) is 32.5. The molecule has 0 fully saturated rings. The molecule has 0 aromatic carbocycles. The number of Topliss-reactive ketones (excluding diaryl/α,β-unsaturated/α-hetero) is 1. The minimum atomic E-state index is -0.543. The van der Waals surface area contributed by atoms with Crippen molar-refractivity contribution in [1.29, 1.82) is 0 Å². The van der Waals surface area contributed by atoms with Crippen LogP contribution in [-0.2, 0) is 14.3 Å². The zero-order valence-corrected chi connectivity index (χ0v) is 28.4. The lowest BCUT2D eigenvalue weighted by Gasteiger charge is -2.13. The first-order valence-corrected chi connectivity index (χ1v) is 20.2. The van der Waals surface area contributed by atoms with Gasteiger partial charge in [-0.3, -0.25) is 9.59 Å². The highest BCUT2D eigenvalue weighted by molar-refractivity contribution is 8.00. The SMILES string of the molecule is CCCSCCCSCCCCCCCCC(=O)C(CCCCCCCSCCCSCCC)C(=O)OC. The lowest BCUT2D eigenvalue weighted by molar-refractivity contribution is -0.149. The first kappa shape index (κ1) is 38.5. The molecule has 226 valence electrons. The van der Waals surface area contributed by atoms with Crippen LogP contribution in [0.3, 0.4) is 0 Å². The summed E-state index contributed by atoms with van der Waals surface area (Å²) in [4.78, 5) is 24.9. The van der Waals surface area contributed by atoms with Crippen LogP contribution in [0.1, 0.15) is 123 Å². The van der Waals surface area contributed by atoms with E-state index in [2.05, 4.69) is 60.9 Å². The van der Waals surface area contributed by atoms with Gasteiger partial charge in [-0.25, -0.2) is 0 Å². The van der Waals surface area contributed by atoms with Gasteiger partial charge in [-0.05, 0) is 97.4 Å². The maximum Gasteiger partial charge on any atom is 0.316 e. The largest absolute Gasteiger partial charge is 0.468 e. The molecule has 0 spiro atoms. The Morgan fingerprint density at radius 2 is 0.921 bits per heavy atom. The van der Waals surface area contributed by atoms with E-state index < -0.39 is 5.92 Å². The van der Waals surface area contributed by atoms with E-state index in [-0.39, 0.29) is 11.8 Å². The fraction of sp³-hybridized carbons (Fsp3) is 0.935. The summed E-state index contributed by atoms with van der Waals surface area (Å²) in [6.07, 6.45) is 19.3. The number of ketones is 1. The zero-order chi connectivity index (χ0) is 27.9. The molecule has 1 atom stereocenters. The van der Waals surface area contributed by atoms with Crippen LogP contribution in [-0.4, -0.2) is 64.9 Å². The molecule has 0 bridgehead atoms. The summed E-state index contributed by atoms with van der Waals surface area (Å²) in [5.74, 6) is 9.59. The Bertz CT molecular complexity index is 519. The molecule has 0 aromatic heterocycles. The van der Waals surface area contributed by atoms with Gasteiger partial charge in [-0.2, -0.15) is 47.0 Å². The van der Waals surface area contributed by atoms with Crippen LogP contribution < -0.4 is 0 Å².